The number of likely N-dealkylation sites (tertiary alicyclic amines) is 1. The van der Waals surface area contributed by atoms with Crippen molar-refractivity contribution in [2.45, 2.75) is 45.1 Å². The summed E-state index contributed by atoms with van der Waals surface area (Å²) in [6.45, 7) is 3.24. The van der Waals surface area contributed by atoms with Crippen molar-refractivity contribution < 1.29 is 9.18 Å². The molecule has 166 valence electrons. The van der Waals surface area contributed by atoms with Crippen LogP contribution in [0, 0.1) is 17.7 Å². The molecule has 1 aliphatic carbocycles. The van der Waals surface area contributed by atoms with Gasteiger partial charge in [0.15, 0.2) is 5.78 Å². The first-order chi connectivity index (χ1) is 15.6. The molecule has 2 heterocycles. The van der Waals surface area contributed by atoms with Crippen molar-refractivity contribution in [3.8, 4) is 0 Å². The van der Waals surface area contributed by atoms with Crippen LogP contribution in [0.25, 0.3) is 10.9 Å². The van der Waals surface area contributed by atoms with Gasteiger partial charge in [0, 0.05) is 12.5 Å². The normalized spacial score (nSPS) is 19.9. The summed E-state index contributed by atoms with van der Waals surface area (Å²) < 4.78 is 14.4. The first kappa shape index (κ1) is 21.1. The number of benzene rings is 2. The van der Waals surface area contributed by atoms with E-state index < -0.39 is 5.82 Å². The number of nitrogens with two attached hydrogens (primary N) is 1. The van der Waals surface area contributed by atoms with Gasteiger partial charge in [0.05, 0.1) is 27.8 Å². The number of ketones is 1. The number of fused-ring (bicyclic) bond motifs is 2. The van der Waals surface area contributed by atoms with E-state index in [0.717, 1.165) is 51.0 Å². The fourth-order valence-corrected chi connectivity index (χ4v) is 5.44. The molecule has 5 rings (SSSR count). The number of aromatic nitrogens is 1. The highest BCUT2D eigenvalue weighted by Gasteiger charge is 2.32. The highest BCUT2D eigenvalue weighted by molar-refractivity contribution is 6.10. The van der Waals surface area contributed by atoms with E-state index >= 15 is 0 Å². The lowest BCUT2D eigenvalue weighted by Gasteiger charge is -2.33. The lowest BCUT2D eigenvalue weighted by molar-refractivity contribution is 0.0881. The number of hydrogen-bond donors (Lipinski definition) is 1. The molecule has 4 nitrogen and oxygen atoms in total. The highest BCUT2D eigenvalue weighted by atomic mass is 19.1. The summed E-state index contributed by atoms with van der Waals surface area (Å²) in [4.78, 5) is 20.4. The Bertz CT molecular complexity index is 1120. The molecule has 0 bridgehead atoms. The molecule has 1 aliphatic heterocycles. The third-order valence-corrected chi connectivity index (χ3v) is 7.30. The number of aryl methyl sites for hydroxylation is 1. The topological polar surface area (TPSA) is 59.2 Å². The fourth-order valence-electron chi connectivity index (χ4n) is 5.44. The second-order valence-electron chi connectivity index (χ2n) is 9.36. The molecule has 5 heteroatoms. The SMILES string of the molecule is Nc1c2c(nc3cccc(F)c13)CCC(CCC1CCN(Cc3ccccc3)CC1)C2=O. The summed E-state index contributed by atoms with van der Waals surface area (Å²) in [6.07, 6.45) is 5.87. The van der Waals surface area contributed by atoms with E-state index in [1.165, 1.54) is 24.5 Å². The largest absolute Gasteiger partial charge is 0.397 e. The maximum Gasteiger partial charge on any atom is 0.169 e. The Kier molecular flexibility index (Phi) is 5.92. The van der Waals surface area contributed by atoms with Gasteiger partial charge in [-0.15, -0.1) is 0 Å². The van der Waals surface area contributed by atoms with Crippen molar-refractivity contribution in [1.82, 2.24) is 9.88 Å². The summed E-state index contributed by atoms with van der Waals surface area (Å²) in [5, 5.41) is 0.283. The Morgan fingerprint density at radius 1 is 1.00 bits per heavy atom. The molecule has 1 saturated heterocycles. The lowest BCUT2D eigenvalue weighted by atomic mass is 9.79. The van der Waals surface area contributed by atoms with Gasteiger partial charge < -0.3 is 5.73 Å². The molecule has 2 N–H and O–H groups in total. The van der Waals surface area contributed by atoms with Gasteiger partial charge in [-0.3, -0.25) is 14.7 Å². The van der Waals surface area contributed by atoms with Crippen LogP contribution in [0.5, 0.6) is 0 Å². The minimum atomic E-state index is -0.410. The molecular formula is C27H30FN3O. The minimum Gasteiger partial charge on any atom is -0.397 e. The Labute approximate surface area is 188 Å². The molecule has 1 aromatic heterocycles. The number of carbonyl (C=O) groups is 1. The molecular weight excluding hydrogens is 401 g/mol. The highest BCUT2D eigenvalue weighted by Crippen LogP contribution is 2.37. The van der Waals surface area contributed by atoms with Crippen molar-refractivity contribution in [2.24, 2.45) is 11.8 Å². The van der Waals surface area contributed by atoms with E-state index in [1.807, 2.05) is 0 Å². The Hall–Kier alpha value is -2.79. The van der Waals surface area contributed by atoms with Gasteiger partial charge in [-0.2, -0.15) is 0 Å². The van der Waals surface area contributed by atoms with Crippen molar-refractivity contribution in [3.63, 3.8) is 0 Å². The number of nitrogen functional groups attached to an aromatic ring is 1. The summed E-state index contributed by atoms with van der Waals surface area (Å²) in [6, 6.07) is 15.4. The van der Waals surface area contributed by atoms with Crippen LogP contribution in [0.15, 0.2) is 48.5 Å². The molecule has 1 unspecified atom stereocenters. The van der Waals surface area contributed by atoms with Crippen LogP contribution in [-0.4, -0.2) is 28.8 Å². The number of nitrogens with zero attached hydrogens (tertiary/aromatic N) is 2. The van der Waals surface area contributed by atoms with E-state index in [0.29, 0.717) is 17.0 Å². The Morgan fingerprint density at radius 2 is 1.78 bits per heavy atom. The lowest BCUT2D eigenvalue weighted by Crippen LogP contribution is -2.33. The molecule has 2 aromatic carbocycles. The number of piperidine rings is 1. The van der Waals surface area contributed by atoms with Crippen LogP contribution >= 0.6 is 0 Å². The third kappa shape index (κ3) is 4.14. The molecule has 1 fully saturated rings. The first-order valence-electron chi connectivity index (χ1n) is 11.8. The smallest absolute Gasteiger partial charge is 0.169 e. The summed E-state index contributed by atoms with van der Waals surface area (Å²) >= 11 is 0. The van der Waals surface area contributed by atoms with E-state index in [-0.39, 0.29) is 22.8 Å². The van der Waals surface area contributed by atoms with Crippen LogP contribution in [0.2, 0.25) is 0 Å². The quantitative estimate of drug-likeness (QED) is 0.588. The fraction of sp³-hybridized carbons (Fsp3) is 0.407. The molecule has 1 atom stereocenters. The number of rotatable bonds is 5. The monoisotopic (exact) mass is 431 g/mol. The molecule has 32 heavy (non-hydrogen) atoms. The average molecular weight is 432 g/mol. The number of carbonyl (C=O) groups excluding carboxylic acids is 1. The van der Waals surface area contributed by atoms with Gasteiger partial charge in [0.1, 0.15) is 5.82 Å². The Morgan fingerprint density at radius 3 is 2.56 bits per heavy atom. The third-order valence-electron chi connectivity index (χ3n) is 7.30. The summed E-state index contributed by atoms with van der Waals surface area (Å²) in [5.41, 5.74) is 9.68. The number of Topliss-reactive ketones (excluding diaryl/α,β-unsaturated/α-hetero) is 1. The minimum absolute atomic E-state index is 0.0295. The molecule has 2 aliphatic rings. The van der Waals surface area contributed by atoms with Gasteiger partial charge in [0.25, 0.3) is 0 Å². The maximum atomic E-state index is 14.4. The zero-order chi connectivity index (χ0) is 22.1. The van der Waals surface area contributed by atoms with Gasteiger partial charge in [0.2, 0.25) is 0 Å². The number of anilines is 1. The van der Waals surface area contributed by atoms with Gasteiger partial charge in [-0.05, 0) is 75.2 Å². The second kappa shape index (κ2) is 8.99. The van der Waals surface area contributed by atoms with Crippen molar-refractivity contribution in [2.75, 3.05) is 18.8 Å². The van der Waals surface area contributed by atoms with E-state index in [4.69, 9.17) is 5.73 Å². The maximum absolute atomic E-state index is 14.4. The predicted molar refractivity (Wildman–Crippen MR) is 126 cm³/mol. The number of hydrogen-bond acceptors (Lipinski definition) is 4. The van der Waals surface area contributed by atoms with E-state index in [1.54, 1.807) is 12.1 Å². The van der Waals surface area contributed by atoms with Crippen LogP contribution in [0.3, 0.4) is 0 Å². The zero-order valence-corrected chi connectivity index (χ0v) is 18.4. The molecule has 0 radical (unpaired) electrons. The second-order valence-corrected chi connectivity index (χ2v) is 9.36. The average Bonchev–Trinajstić information content (AvgIpc) is 2.80. The van der Waals surface area contributed by atoms with Crippen molar-refractivity contribution >= 4 is 22.4 Å². The van der Waals surface area contributed by atoms with Crippen molar-refractivity contribution in [1.29, 1.82) is 0 Å². The Balaban J connectivity index is 1.20. The molecule has 0 saturated carbocycles. The zero-order valence-electron chi connectivity index (χ0n) is 18.4. The van der Waals surface area contributed by atoms with E-state index in [2.05, 4.69) is 40.2 Å². The van der Waals surface area contributed by atoms with Gasteiger partial charge >= 0.3 is 0 Å². The van der Waals surface area contributed by atoms with Crippen molar-refractivity contribution in [3.05, 3.63) is 71.2 Å². The predicted octanol–water partition coefficient (Wildman–Crippen LogP) is 5.39. The standard InChI is InChI=1S/C27H30FN3O/c28-21-7-4-8-22-24(21)26(29)25-23(30-22)12-11-20(27(25)32)10-9-18-13-15-31(16-14-18)17-19-5-2-1-3-6-19/h1-8,18,20H,9-17H2,(H2,29,30). The van der Waals surface area contributed by atoms with E-state index in [9.17, 15) is 9.18 Å². The molecule has 3 aromatic rings. The van der Waals surface area contributed by atoms with Crippen LogP contribution < -0.4 is 5.73 Å². The molecule has 0 amide bonds. The van der Waals surface area contributed by atoms with Gasteiger partial charge in [-0.25, -0.2) is 4.39 Å². The van der Waals surface area contributed by atoms with Crippen LogP contribution in [0.4, 0.5) is 10.1 Å². The molecule has 0 spiro atoms. The summed E-state index contributed by atoms with van der Waals surface area (Å²) in [7, 11) is 0. The first-order valence-corrected chi connectivity index (χ1v) is 11.8. The number of pyridine rings is 1. The van der Waals surface area contributed by atoms with Crippen LogP contribution in [-0.2, 0) is 13.0 Å². The number of halogens is 1. The van der Waals surface area contributed by atoms with Crippen LogP contribution in [0.1, 0.15) is 53.7 Å². The van der Waals surface area contributed by atoms with Gasteiger partial charge in [-0.1, -0.05) is 36.4 Å². The summed E-state index contributed by atoms with van der Waals surface area (Å²) in [5.74, 6) is 0.286.